The van der Waals surface area contributed by atoms with E-state index < -0.39 is 6.09 Å². The zero-order valence-corrected chi connectivity index (χ0v) is 20.2. The number of methoxy groups -OCH3 is 2. The van der Waals surface area contributed by atoms with E-state index >= 15 is 0 Å². The lowest BCUT2D eigenvalue weighted by Crippen LogP contribution is -2.44. The molecule has 0 bridgehead atoms. The summed E-state index contributed by atoms with van der Waals surface area (Å²) >= 11 is 0. The van der Waals surface area contributed by atoms with E-state index in [1.54, 1.807) is 7.11 Å². The fraction of sp³-hybridized carbons (Fsp3) is 0.750. The molecular formula is C24H38N4O5. The molecule has 0 spiro atoms. The number of carbonyl (C=O) groups excluding carboxylic acids is 2. The van der Waals surface area contributed by atoms with Gasteiger partial charge in [-0.3, -0.25) is 14.8 Å². The van der Waals surface area contributed by atoms with Crippen molar-refractivity contribution in [1.82, 2.24) is 20.2 Å². The Bertz CT molecular complexity index is 780. The van der Waals surface area contributed by atoms with Crippen LogP contribution in [0.3, 0.4) is 0 Å². The number of carbonyl (C=O) groups is 2. The zero-order chi connectivity index (χ0) is 23.6. The fourth-order valence-corrected chi connectivity index (χ4v) is 4.26. The number of hydrogen-bond acceptors (Lipinski definition) is 7. The molecule has 33 heavy (non-hydrogen) atoms. The molecule has 2 amide bonds. The smallest absolute Gasteiger partial charge is 0.406 e. The minimum Gasteiger partial charge on any atom is -0.453 e. The molecule has 184 valence electrons. The van der Waals surface area contributed by atoms with Crippen molar-refractivity contribution in [3.8, 4) is 0 Å². The molecule has 1 aromatic rings. The molecule has 0 radical (unpaired) electrons. The number of nitrogens with one attached hydrogen (secondary N) is 1. The Morgan fingerprint density at radius 1 is 1.18 bits per heavy atom. The Kier molecular flexibility index (Phi) is 9.87. The summed E-state index contributed by atoms with van der Waals surface area (Å²) < 4.78 is 15.6. The number of alkyl carbamates (subject to hydrolysis) is 1. The Morgan fingerprint density at radius 3 is 2.64 bits per heavy atom. The average Bonchev–Trinajstić information content (AvgIpc) is 3.68. The highest BCUT2D eigenvalue weighted by Crippen LogP contribution is 2.35. The predicted octanol–water partition coefficient (Wildman–Crippen LogP) is 2.97. The summed E-state index contributed by atoms with van der Waals surface area (Å²) in [7, 11) is 3.04. The van der Waals surface area contributed by atoms with Gasteiger partial charge in [0.15, 0.2) is 0 Å². The van der Waals surface area contributed by atoms with Crippen LogP contribution in [-0.4, -0.2) is 73.0 Å². The van der Waals surface area contributed by atoms with Crippen LogP contribution in [0.5, 0.6) is 0 Å². The Morgan fingerprint density at radius 2 is 1.97 bits per heavy atom. The number of hydrogen-bond donors (Lipinski definition) is 1. The number of aromatic nitrogens is 2. The second-order valence-corrected chi connectivity index (χ2v) is 8.81. The minimum absolute atomic E-state index is 0.0829. The number of amides is 2. The van der Waals surface area contributed by atoms with Crippen LogP contribution in [-0.2, 0) is 31.8 Å². The van der Waals surface area contributed by atoms with E-state index in [9.17, 15) is 9.59 Å². The number of aryl methyl sites for hydroxylation is 2. The van der Waals surface area contributed by atoms with Gasteiger partial charge in [-0.05, 0) is 64.7 Å². The maximum atomic E-state index is 13.3. The molecule has 1 aliphatic heterocycles. The molecule has 0 unspecified atom stereocenters. The van der Waals surface area contributed by atoms with Gasteiger partial charge < -0.3 is 24.4 Å². The van der Waals surface area contributed by atoms with Gasteiger partial charge in [-0.15, -0.1) is 0 Å². The lowest BCUT2D eigenvalue weighted by Gasteiger charge is -2.33. The van der Waals surface area contributed by atoms with E-state index in [4.69, 9.17) is 19.4 Å². The second-order valence-electron chi connectivity index (χ2n) is 8.81. The highest BCUT2D eigenvalue weighted by atomic mass is 16.5. The number of rotatable bonds is 12. The molecule has 9 nitrogen and oxygen atoms in total. The van der Waals surface area contributed by atoms with Crippen LogP contribution in [0.25, 0.3) is 0 Å². The van der Waals surface area contributed by atoms with E-state index in [0.29, 0.717) is 26.2 Å². The lowest BCUT2D eigenvalue weighted by atomic mass is 10.1. The molecule has 1 N–H and O–H groups in total. The van der Waals surface area contributed by atoms with Gasteiger partial charge in [-0.1, -0.05) is 0 Å². The highest BCUT2D eigenvalue weighted by molar-refractivity contribution is 5.82. The molecule has 1 saturated heterocycles. The van der Waals surface area contributed by atoms with Gasteiger partial charge in [0.25, 0.3) is 5.91 Å². The molecule has 2 aliphatic rings. The van der Waals surface area contributed by atoms with Gasteiger partial charge in [0, 0.05) is 32.9 Å². The second kappa shape index (κ2) is 12.8. The van der Waals surface area contributed by atoms with Crippen molar-refractivity contribution in [2.24, 2.45) is 0 Å². The van der Waals surface area contributed by atoms with Crippen LogP contribution >= 0.6 is 0 Å². The van der Waals surface area contributed by atoms with Crippen molar-refractivity contribution in [3.05, 3.63) is 23.3 Å². The van der Waals surface area contributed by atoms with Gasteiger partial charge in [0.05, 0.1) is 36.4 Å². The zero-order valence-electron chi connectivity index (χ0n) is 20.2. The van der Waals surface area contributed by atoms with Crippen molar-refractivity contribution in [2.75, 3.05) is 34.0 Å². The molecule has 3 rings (SSSR count). The summed E-state index contributed by atoms with van der Waals surface area (Å²) in [5, 5.41) is 2.71. The molecule has 2 heterocycles. The van der Waals surface area contributed by atoms with Crippen LogP contribution < -0.4 is 5.32 Å². The van der Waals surface area contributed by atoms with E-state index in [-0.39, 0.29) is 24.1 Å². The van der Waals surface area contributed by atoms with Gasteiger partial charge in [-0.2, -0.15) is 0 Å². The maximum absolute atomic E-state index is 13.3. The third-order valence-corrected chi connectivity index (χ3v) is 6.25. The first kappa shape index (κ1) is 25.4. The number of ether oxygens (including phenoxy) is 3. The summed E-state index contributed by atoms with van der Waals surface area (Å²) in [5.41, 5.74) is 2.66. The summed E-state index contributed by atoms with van der Waals surface area (Å²) in [6.45, 7) is 3.85. The Balaban J connectivity index is 1.73. The summed E-state index contributed by atoms with van der Waals surface area (Å²) in [6.07, 6.45) is 8.97. The van der Waals surface area contributed by atoms with Crippen molar-refractivity contribution < 1.29 is 23.8 Å². The lowest BCUT2D eigenvalue weighted by molar-refractivity contribution is -0.149. The third-order valence-electron chi connectivity index (χ3n) is 6.25. The standard InChI is InChI=1S/C24H38N4O5/c1-17(28(18-11-12-18)23(29)22-10-4-5-15-33-22)21-16-26-19(9-7-14-31-2)20(27-21)8-6-13-25-24(30)32-3/h16-18,22H,4-15H2,1-3H3,(H,25,30)/t17-,22-/m1/s1. The van der Waals surface area contributed by atoms with Gasteiger partial charge in [0.1, 0.15) is 6.10 Å². The third kappa shape index (κ3) is 7.37. The first-order valence-corrected chi connectivity index (χ1v) is 12.1. The van der Waals surface area contributed by atoms with Crippen LogP contribution in [0.1, 0.15) is 75.0 Å². The highest BCUT2D eigenvalue weighted by Gasteiger charge is 2.40. The van der Waals surface area contributed by atoms with E-state index in [2.05, 4.69) is 10.1 Å². The Labute approximate surface area is 196 Å². The molecule has 1 aromatic heterocycles. The molecular weight excluding hydrogens is 424 g/mol. The SMILES string of the molecule is COCCCc1ncc([C@@H](C)N(C(=O)[C@H]2CCCCO2)C2CC2)nc1CCCNC(=O)OC. The molecule has 0 aromatic carbocycles. The Hall–Kier alpha value is -2.26. The quantitative estimate of drug-likeness (QED) is 0.476. The molecule has 2 fully saturated rings. The average molecular weight is 463 g/mol. The summed E-state index contributed by atoms with van der Waals surface area (Å²) in [4.78, 5) is 36.3. The fourth-order valence-electron chi connectivity index (χ4n) is 4.26. The molecule has 9 heteroatoms. The van der Waals surface area contributed by atoms with Crippen molar-refractivity contribution in [2.45, 2.75) is 82.9 Å². The van der Waals surface area contributed by atoms with Crippen LogP contribution in [0.2, 0.25) is 0 Å². The number of nitrogens with zero attached hydrogens (tertiary/aromatic N) is 3. The van der Waals surface area contributed by atoms with Crippen molar-refractivity contribution >= 4 is 12.0 Å². The van der Waals surface area contributed by atoms with Crippen molar-refractivity contribution in [1.29, 1.82) is 0 Å². The predicted molar refractivity (Wildman–Crippen MR) is 123 cm³/mol. The van der Waals surface area contributed by atoms with Crippen LogP contribution in [0.15, 0.2) is 6.20 Å². The van der Waals surface area contributed by atoms with E-state index in [1.165, 1.54) is 7.11 Å². The first-order valence-electron chi connectivity index (χ1n) is 12.1. The van der Waals surface area contributed by atoms with E-state index in [1.807, 2.05) is 18.0 Å². The normalized spacial score (nSPS) is 19.1. The van der Waals surface area contributed by atoms with Crippen LogP contribution in [0.4, 0.5) is 4.79 Å². The van der Waals surface area contributed by atoms with Crippen molar-refractivity contribution in [3.63, 3.8) is 0 Å². The van der Waals surface area contributed by atoms with E-state index in [0.717, 1.165) is 68.4 Å². The monoisotopic (exact) mass is 462 g/mol. The maximum Gasteiger partial charge on any atom is 0.406 e. The minimum atomic E-state index is -0.438. The van der Waals surface area contributed by atoms with Gasteiger partial charge >= 0.3 is 6.09 Å². The molecule has 1 aliphatic carbocycles. The van der Waals surface area contributed by atoms with Gasteiger partial charge in [0.2, 0.25) is 0 Å². The summed E-state index contributed by atoms with van der Waals surface area (Å²) in [5.74, 6) is 0.0829. The first-order chi connectivity index (χ1) is 16.0. The largest absolute Gasteiger partial charge is 0.453 e. The molecule has 1 saturated carbocycles. The molecule has 2 atom stereocenters. The topological polar surface area (TPSA) is 103 Å². The van der Waals surface area contributed by atoms with Crippen LogP contribution in [0, 0.1) is 0 Å². The summed E-state index contributed by atoms with van der Waals surface area (Å²) in [6, 6.07) is 0.0944. The van der Waals surface area contributed by atoms with Gasteiger partial charge in [-0.25, -0.2) is 4.79 Å².